The Bertz CT molecular complexity index is 473. The second kappa shape index (κ2) is 6.76. The van der Waals surface area contributed by atoms with Crippen LogP contribution in [0.25, 0.3) is 0 Å². The van der Waals surface area contributed by atoms with Crippen LogP contribution in [0.15, 0.2) is 18.2 Å². The van der Waals surface area contributed by atoms with Crippen LogP contribution < -0.4 is 5.32 Å². The van der Waals surface area contributed by atoms with Gasteiger partial charge in [0.1, 0.15) is 0 Å². The van der Waals surface area contributed by atoms with Crippen molar-refractivity contribution in [2.45, 2.75) is 19.4 Å². The molecule has 1 saturated heterocycles. The molecule has 0 amide bonds. The smallest absolute Gasteiger partial charge is 0.305 e. The van der Waals surface area contributed by atoms with Gasteiger partial charge in [-0.2, -0.15) is 4.39 Å². The molecule has 2 rings (SSSR count). The lowest BCUT2D eigenvalue weighted by Crippen LogP contribution is -2.36. The van der Waals surface area contributed by atoms with Gasteiger partial charge in [0, 0.05) is 18.2 Å². The third kappa shape index (κ3) is 3.52. The molecule has 0 spiro atoms. The summed E-state index contributed by atoms with van der Waals surface area (Å²) in [6, 6.07) is 4.38. The highest BCUT2D eigenvalue weighted by Crippen LogP contribution is 2.23. The summed E-state index contributed by atoms with van der Waals surface area (Å²) in [5.74, 6) is -0.0268. The highest BCUT2D eigenvalue weighted by molar-refractivity contribution is 5.36. The van der Waals surface area contributed by atoms with Gasteiger partial charge in [0.05, 0.1) is 4.92 Å². The van der Waals surface area contributed by atoms with Crippen molar-refractivity contribution in [1.29, 1.82) is 0 Å². The molecular weight excluding hydrogens is 261 g/mol. The molecule has 1 N–H and O–H groups in total. The highest BCUT2D eigenvalue weighted by Gasteiger charge is 2.22. The van der Waals surface area contributed by atoms with Gasteiger partial charge in [0.2, 0.25) is 5.82 Å². The first-order valence-corrected chi connectivity index (χ1v) is 6.90. The van der Waals surface area contributed by atoms with E-state index in [1.807, 2.05) is 7.05 Å². The number of nitrogens with zero attached hydrogens (tertiary/aromatic N) is 2. The first-order chi connectivity index (χ1) is 9.61. The zero-order chi connectivity index (χ0) is 14.5. The van der Waals surface area contributed by atoms with Gasteiger partial charge >= 0.3 is 5.69 Å². The Morgan fingerprint density at radius 1 is 1.45 bits per heavy atom. The van der Waals surface area contributed by atoms with Crippen LogP contribution in [-0.4, -0.2) is 36.5 Å². The van der Waals surface area contributed by atoms with E-state index in [4.69, 9.17) is 0 Å². The number of hydrogen-bond donors (Lipinski definition) is 1. The monoisotopic (exact) mass is 281 g/mol. The standard InChI is InChI=1S/C14H20FN3O2/c1-16-9-11-5-7-17(8-6-11)10-12-3-2-4-13(14(12)15)18(19)20/h2-4,11,16H,5-10H2,1H3. The summed E-state index contributed by atoms with van der Waals surface area (Å²) in [4.78, 5) is 12.2. The minimum Gasteiger partial charge on any atom is -0.319 e. The van der Waals surface area contributed by atoms with E-state index in [-0.39, 0.29) is 0 Å². The van der Waals surface area contributed by atoms with Crippen molar-refractivity contribution < 1.29 is 9.31 Å². The number of piperidine rings is 1. The molecule has 1 heterocycles. The molecule has 0 aliphatic carbocycles. The molecule has 1 aliphatic rings. The van der Waals surface area contributed by atoms with Crippen molar-refractivity contribution >= 4 is 5.69 Å². The second-order valence-corrected chi connectivity index (χ2v) is 5.28. The molecular formula is C14H20FN3O2. The summed E-state index contributed by atoms with van der Waals surface area (Å²) >= 11 is 0. The summed E-state index contributed by atoms with van der Waals surface area (Å²) < 4.78 is 14.0. The van der Waals surface area contributed by atoms with Gasteiger partial charge in [0.25, 0.3) is 0 Å². The fraction of sp³-hybridized carbons (Fsp3) is 0.571. The van der Waals surface area contributed by atoms with Crippen molar-refractivity contribution in [3.63, 3.8) is 0 Å². The predicted octanol–water partition coefficient (Wildman–Crippen LogP) is 2.17. The maximum atomic E-state index is 14.0. The summed E-state index contributed by atoms with van der Waals surface area (Å²) in [5.41, 5.74) is -0.0289. The van der Waals surface area contributed by atoms with Crippen LogP contribution in [0, 0.1) is 21.8 Å². The third-order valence-electron chi connectivity index (χ3n) is 3.85. The minimum absolute atomic E-state index is 0.409. The minimum atomic E-state index is -0.699. The van der Waals surface area contributed by atoms with Crippen molar-refractivity contribution in [1.82, 2.24) is 10.2 Å². The van der Waals surface area contributed by atoms with Gasteiger partial charge in [0.15, 0.2) is 0 Å². The van der Waals surface area contributed by atoms with E-state index in [0.717, 1.165) is 32.5 Å². The number of nitro groups is 1. The van der Waals surface area contributed by atoms with Crippen LogP contribution in [0.5, 0.6) is 0 Å². The molecule has 1 aromatic carbocycles. The Labute approximate surface area is 117 Å². The second-order valence-electron chi connectivity index (χ2n) is 5.28. The number of nitro benzene ring substituents is 1. The van der Waals surface area contributed by atoms with E-state index in [0.29, 0.717) is 18.0 Å². The van der Waals surface area contributed by atoms with Crippen molar-refractivity contribution in [2.75, 3.05) is 26.7 Å². The Morgan fingerprint density at radius 3 is 2.75 bits per heavy atom. The maximum Gasteiger partial charge on any atom is 0.305 e. The zero-order valence-corrected chi connectivity index (χ0v) is 11.6. The summed E-state index contributed by atoms with van der Waals surface area (Å²) in [6.45, 7) is 3.28. The van der Waals surface area contributed by atoms with Gasteiger partial charge in [-0.05, 0) is 45.4 Å². The van der Waals surface area contributed by atoms with E-state index in [1.54, 1.807) is 12.1 Å². The summed E-state index contributed by atoms with van der Waals surface area (Å²) in [6.07, 6.45) is 2.16. The quantitative estimate of drug-likeness (QED) is 0.664. The SMILES string of the molecule is CNCC1CCN(Cc2cccc([N+](=O)[O-])c2F)CC1. The van der Waals surface area contributed by atoms with Gasteiger partial charge in [-0.25, -0.2) is 0 Å². The number of rotatable bonds is 5. The van der Waals surface area contributed by atoms with Crippen LogP contribution in [0.2, 0.25) is 0 Å². The molecule has 1 fully saturated rings. The summed E-state index contributed by atoms with van der Waals surface area (Å²) in [5, 5.41) is 13.9. The molecule has 0 atom stereocenters. The number of likely N-dealkylation sites (tertiary alicyclic amines) is 1. The average molecular weight is 281 g/mol. The van der Waals surface area contributed by atoms with Crippen molar-refractivity contribution in [3.8, 4) is 0 Å². The van der Waals surface area contributed by atoms with Gasteiger partial charge in [-0.15, -0.1) is 0 Å². The van der Waals surface area contributed by atoms with Gasteiger partial charge in [-0.1, -0.05) is 12.1 Å². The Hall–Kier alpha value is -1.53. The molecule has 0 radical (unpaired) electrons. The molecule has 5 nitrogen and oxygen atoms in total. The number of halogens is 1. The molecule has 20 heavy (non-hydrogen) atoms. The summed E-state index contributed by atoms with van der Waals surface area (Å²) in [7, 11) is 1.95. The van der Waals surface area contributed by atoms with Crippen molar-refractivity contribution in [3.05, 3.63) is 39.7 Å². The first kappa shape index (κ1) is 14.9. The Morgan fingerprint density at radius 2 is 2.15 bits per heavy atom. The van der Waals surface area contributed by atoms with E-state index in [1.165, 1.54) is 6.07 Å². The fourth-order valence-electron chi connectivity index (χ4n) is 2.71. The Balaban J connectivity index is 1.98. The average Bonchev–Trinajstić information content (AvgIpc) is 2.43. The molecule has 1 aliphatic heterocycles. The molecule has 1 aromatic rings. The molecule has 6 heteroatoms. The predicted molar refractivity (Wildman–Crippen MR) is 75.0 cm³/mol. The fourth-order valence-corrected chi connectivity index (χ4v) is 2.71. The van der Waals surface area contributed by atoms with E-state index < -0.39 is 16.4 Å². The first-order valence-electron chi connectivity index (χ1n) is 6.90. The van der Waals surface area contributed by atoms with E-state index in [9.17, 15) is 14.5 Å². The largest absolute Gasteiger partial charge is 0.319 e. The molecule has 0 saturated carbocycles. The van der Waals surface area contributed by atoms with E-state index in [2.05, 4.69) is 10.2 Å². The van der Waals surface area contributed by atoms with Crippen molar-refractivity contribution in [2.24, 2.45) is 5.92 Å². The van der Waals surface area contributed by atoms with Crippen LogP contribution in [0.3, 0.4) is 0 Å². The molecule has 0 bridgehead atoms. The van der Waals surface area contributed by atoms with E-state index >= 15 is 0 Å². The van der Waals surface area contributed by atoms with Gasteiger partial charge < -0.3 is 5.32 Å². The lowest BCUT2D eigenvalue weighted by molar-refractivity contribution is -0.387. The number of hydrogen-bond acceptors (Lipinski definition) is 4. The lowest BCUT2D eigenvalue weighted by atomic mass is 9.96. The topological polar surface area (TPSA) is 58.4 Å². The zero-order valence-electron chi connectivity index (χ0n) is 11.6. The third-order valence-corrected chi connectivity index (χ3v) is 3.85. The highest BCUT2D eigenvalue weighted by atomic mass is 19.1. The maximum absolute atomic E-state index is 14.0. The molecule has 0 aromatic heterocycles. The van der Waals surface area contributed by atoms with Crippen LogP contribution in [0.1, 0.15) is 18.4 Å². The number of nitrogens with one attached hydrogen (secondary N) is 1. The molecule has 110 valence electrons. The number of benzene rings is 1. The van der Waals surface area contributed by atoms with Crippen LogP contribution >= 0.6 is 0 Å². The van der Waals surface area contributed by atoms with Crippen LogP contribution in [0.4, 0.5) is 10.1 Å². The van der Waals surface area contributed by atoms with Crippen LogP contribution in [-0.2, 0) is 6.54 Å². The lowest BCUT2D eigenvalue weighted by Gasteiger charge is -2.31. The van der Waals surface area contributed by atoms with Gasteiger partial charge in [-0.3, -0.25) is 15.0 Å². The normalized spacial score (nSPS) is 17.3. The Kier molecular flexibility index (Phi) is 5.03. The molecule has 0 unspecified atom stereocenters.